The summed E-state index contributed by atoms with van der Waals surface area (Å²) in [5.41, 5.74) is 8.16. The van der Waals surface area contributed by atoms with Gasteiger partial charge in [0.15, 0.2) is 0 Å². The minimum Gasteiger partial charge on any atom is -0.388 e. The van der Waals surface area contributed by atoms with Gasteiger partial charge in [-0.15, -0.1) is 0 Å². The number of unbranched alkanes of at least 4 members (excludes halogenated alkanes) is 1. The van der Waals surface area contributed by atoms with Crippen LogP contribution in [0.5, 0.6) is 0 Å². The molecule has 0 bridgehead atoms. The summed E-state index contributed by atoms with van der Waals surface area (Å²) < 4.78 is 10.0. The van der Waals surface area contributed by atoms with Crippen molar-refractivity contribution in [2.24, 2.45) is 10.8 Å². The molecule has 118 valence electrons. The second kappa shape index (κ2) is 13.0. The first-order valence-corrected chi connectivity index (χ1v) is 6.81. The molecule has 0 saturated carbocycles. The zero-order valence-electron chi connectivity index (χ0n) is 12.3. The Morgan fingerprint density at radius 3 is 2.70 bits per heavy atom. The van der Waals surface area contributed by atoms with Crippen LogP contribution in [0.25, 0.3) is 0 Å². The van der Waals surface area contributed by atoms with Crippen LogP contribution in [0.1, 0.15) is 25.7 Å². The Bertz CT molecular complexity index is 264. The Morgan fingerprint density at radius 2 is 2.15 bits per heavy atom. The molecule has 0 saturated heterocycles. The Balaban J connectivity index is 3.98. The Kier molecular flexibility index (Phi) is 12.3. The molecule has 0 fully saturated rings. The van der Waals surface area contributed by atoms with Crippen molar-refractivity contribution in [2.75, 3.05) is 27.4 Å². The van der Waals surface area contributed by atoms with Crippen LogP contribution in [0.2, 0.25) is 0 Å². The first kappa shape index (κ1) is 19.0. The van der Waals surface area contributed by atoms with E-state index in [2.05, 4.69) is 10.5 Å². The molecule has 0 spiro atoms. The molecule has 0 radical (unpaired) electrons. The molecule has 0 unspecified atom stereocenters. The van der Waals surface area contributed by atoms with Gasteiger partial charge in [-0.25, -0.2) is 0 Å². The highest BCUT2D eigenvalue weighted by atomic mass is 16.5. The fourth-order valence-corrected chi connectivity index (χ4v) is 1.67. The van der Waals surface area contributed by atoms with E-state index in [0.717, 1.165) is 19.1 Å². The van der Waals surface area contributed by atoms with Crippen LogP contribution in [-0.4, -0.2) is 63.2 Å². The van der Waals surface area contributed by atoms with Crippen molar-refractivity contribution in [2.45, 2.75) is 43.9 Å². The average Bonchev–Trinajstić information content (AvgIpc) is 2.45. The van der Waals surface area contributed by atoms with Gasteiger partial charge in [0, 0.05) is 26.9 Å². The Labute approximate surface area is 120 Å². The lowest BCUT2D eigenvalue weighted by atomic mass is 10.1. The van der Waals surface area contributed by atoms with Gasteiger partial charge in [-0.1, -0.05) is 0 Å². The standard InChI is InChI=1S/C13H27N3O4/c1-19-10-12(18)13(20-2)6-8-15-16-11(9-17)5-3-4-7-14/h8-9,11-13,16,18H,3-7,10,14H2,1-2H3/t11-,12+,13+/m0/s1. The average molecular weight is 289 g/mol. The number of ether oxygens (including phenoxy) is 2. The summed E-state index contributed by atoms with van der Waals surface area (Å²) in [6.45, 7) is 0.831. The van der Waals surface area contributed by atoms with Gasteiger partial charge in [0.05, 0.1) is 18.8 Å². The SMILES string of the molecule is COC[C@@H](O)[C@@H](CC=NN[C@H](C=O)CCCCN)OC. The Hall–Kier alpha value is -1.02. The molecule has 0 aliphatic carbocycles. The maximum Gasteiger partial charge on any atom is 0.143 e. The first-order chi connectivity index (χ1) is 9.69. The number of hydrogen-bond acceptors (Lipinski definition) is 7. The van der Waals surface area contributed by atoms with Gasteiger partial charge >= 0.3 is 0 Å². The van der Waals surface area contributed by atoms with E-state index < -0.39 is 6.10 Å². The lowest BCUT2D eigenvalue weighted by molar-refractivity contribution is -0.109. The number of nitrogens with zero attached hydrogens (tertiary/aromatic N) is 1. The number of hydrogen-bond donors (Lipinski definition) is 3. The fourth-order valence-electron chi connectivity index (χ4n) is 1.67. The minimum absolute atomic E-state index is 0.204. The predicted molar refractivity (Wildman–Crippen MR) is 77.7 cm³/mol. The maximum atomic E-state index is 10.8. The van der Waals surface area contributed by atoms with Crippen molar-refractivity contribution >= 4 is 12.5 Å². The second-order valence-corrected chi connectivity index (χ2v) is 4.50. The molecule has 0 aliphatic heterocycles. The van der Waals surface area contributed by atoms with Gasteiger partial charge in [-0.2, -0.15) is 5.10 Å². The first-order valence-electron chi connectivity index (χ1n) is 6.81. The number of aliphatic hydroxyl groups is 1. The van der Waals surface area contributed by atoms with Crippen LogP contribution in [-0.2, 0) is 14.3 Å². The smallest absolute Gasteiger partial charge is 0.143 e. The van der Waals surface area contributed by atoms with E-state index >= 15 is 0 Å². The number of aliphatic hydroxyl groups excluding tert-OH is 1. The number of nitrogens with one attached hydrogen (secondary N) is 1. The number of carbonyl (C=O) groups excluding carboxylic acids is 1. The molecule has 7 nitrogen and oxygen atoms in total. The molecule has 0 rings (SSSR count). The molecule has 3 atom stereocenters. The van der Waals surface area contributed by atoms with Gasteiger partial charge in [0.2, 0.25) is 0 Å². The summed E-state index contributed by atoms with van der Waals surface area (Å²) in [6, 6.07) is -0.303. The van der Waals surface area contributed by atoms with E-state index in [0.29, 0.717) is 19.4 Å². The van der Waals surface area contributed by atoms with Gasteiger partial charge in [0.1, 0.15) is 12.4 Å². The van der Waals surface area contributed by atoms with Gasteiger partial charge < -0.3 is 30.5 Å². The van der Waals surface area contributed by atoms with E-state index in [4.69, 9.17) is 15.2 Å². The molecule has 0 aromatic rings. The van der Waals surface area contributed by atoms with Crippen LogP contribution in [0.4, 0.5) is 0 Å². The number of nitrogens with two attached hydrogens (primary N) is 1. The van der Waals surface area contributed by atoms with E-state index in [1.165, 1.54) is 14.2 Å². The molecule has 0 aromatic carbocycles. The number of aldehydes is 1. The molecule has 0 aromatic heterocycles. The summed E-state index contributed by atoms with van der Waals surface area (Å²) in [5, 5.41) is 13.7. The third kappa shape index (κ3) is 8.98. The van der Waals surface area contributed by atoms with Crippen LogP contribution < -0.4 is 11.2 Å². The van der Waals surface area contributed by atoms with E-state index in [1.807, 2.05) is 0 Å². The van der Waals surface area contributed by atoms with Crippen molar-refractivity contribution in [1.29, 1.82) is 0 Å². The molecule has 4 N–H and O–H groups in total. The minimum atomic E-state index is -0.706. The van der Waals surface area contributed by atoms with Gasteiger partial charge in [-0.3, -0.25) is 0 Å². The highest BCUT2D eigenvalue weighted by Gasteiger charge is 2.17. The van der Waals surface area contributed by atoms with Gasteiger partial charge in [-0.05, 0) is 25.8 Å². The summed E-state index contributed by atoms with van der Waals surface area (Å²) in [5.74, 6) is 0. The monoisotopic (exact) mass is 289 g/mol. The van der Waals surface area contributed by atoms with Crippen molar-refractivity contribution < 1.29 is 19.4 Å². The largest absolute Gasteiger partial charge is 0.388 e. The van der Waals surface area contributed by atoms with E-state index in [1.54, 1.807) is 6.21 Å². The molecule has 0 heterocycles. The normalized spacial score (nSPS) is 16.0. The fraction of sp³-hybridized carbons (Fsp3) is 0.846. The third-order valence-corrected chi connectivity index (χ3v) is 2.87. The summed E-state index contributed by atoms with van der Waals surface area (Å²) >= 11 is 0. The summed E-state index contributed by atoms with van der Waals surface area (Å²) in [6.07, 6.45) is 4.25. The zero-order chi connectivity index (χ0) is 15.2. The highest BCUT2D eigenvalue weighted by molar-refractivity contribution is 5.60. The third-order valence-electron chi connectivity index (χ3n) is 2.87. The predicted octanol–water partition coefficient (Wildman–Crippen LogP) is -0.329. The van der Waals surface area contributed by atoms with Crippen LogP contribution in [0.15, 0.2) is 5.10 Å². The second-order valence-electron chi connectivity index (χ2n) is 4.50. The molecule has 7 heteroatoms. The summed E-state index contributed by atoms with van der Waals surface area (Å²) in [7, 11) is 3.04. The lowest BCUT2D eigenvalue weighted by Crippen LogP contribution is -2.32. The maximum absolute atomic E-state index is 10.8. The molecule has 20 heavy (non-hydrogen) atoms. The number of hydrazone groups is 1. The van der Waals surface area contributed by atoms with Crippen LogP contribution in [0, 0.1) is 0 Å². The Morgan fingerprint density at radius 1 is 1.40 bits per heavy atom. The van der Waals surface area contributed by atoms with Crippen LogP contribution >= 0.6 is 0 Å². The molecule has 0 aliphatic rings. The van der Waals surface area contributed by atoms with Gasteiger partial charge in [0.25, 0.3) is 0 Å². The lowest BCUT2D eigenvalue weighted by Gasteiger charge is -2.19. The molecular formula is C13H27N3O4. The zero-order valence-corrected chi connectivity index (χ0v) is 12.3. The van der Waals surface area contributed by atoms with Crippen molar-refractivity contribution in [3.8, 4) is 0 Å². The van der Waals surface area contributed by atoms with Crippen molar-refractivity contribution in [3.05, 3.63) is 0 Å². The molecule has 0 amide bonds. The van der Waals surface area contributed by atoms with Crippen LogP contribution in [0.3, 0.4) is 0 Å². The van der Waals surface area contributed by atoms with Crippen molar-refractivity contribution in [1.82, 2.24) is 5.43 Å². The topological polar surface area (TPSA) is 106 Å². The highest BCUT2D eigenvalue weighted by Crippen LogP contribution is 2.03. The number of rotatable bonds is 13. The quantitative estimate of drug-likeness (QED) is 0.185. The number of carbonyl (C=O) groups is 1. The summed E-state index contributed by atoms with van der Waals surface area (Å²) in [4.78, 5) is 10.8. The number of methoxy groups -OCH3 is 2. The van der Waals surface area contributed by atoms with E-state index in [-0.39, 0.29) is 18.8 Å². The van der Waals surface area contributed by atoms with Crippen molar-refractivity contribution in [3.63, 3.8) is 0 Å². The molecular weight excluding hydrogens is 262 g/mol. The van der Waals surface area contributed by atoms with E-state index in [9.17, 15) is 9.90 Å².